The van der Waals surface area contributed by atoms with E-state index < -0.39 is 49.1 Å². The first-order chi connectivity index (χ1) is 11.5. The van der Waals surface area contributed by atoms with Gasteiger partial charge in [0.2, 0.25) is 0 Å². The third-order valence-corrected chi connectivity index (χ3v) is 4.68. The first kappa shape index (κ1) is 19.7. The maximum absolute atomic E-state index is 13.0. The van der Waals surface area contributed by atoms with Crippen LogP contribution in [0.1, 0.15) is 18.5 Å². The van der Waals surface area contributed by atoms with Crippen molar-refractivity contribution in [2.45, 2.75) is 19.1 Å². The zero-order valence-corrected chi connectivity index (χ0v) is 14.5. The molecular formula is C15H15Cl2F3N2O3. The lowest BCUT2D eigenvalue weighted by molar-refractivity contribution is -0.187. The molecule has 25 heavy (non-hydrogen) atoms. The monoisotopic (exact) mass is 398 g/mol. The van der Waals surface area contributed by atoms with Gasteiger partial charge in [-0.3, -0.25) is 4.79 Å². The molecule has 1 aromatic rings. The lowest BCUT2D eigenvalue weighted by Crippen LogP contribution is -2.40. The Morgan fingerprint density at radius 2 is 1.96 bits per heavy atom. The fraction of sp³-hybridized carbons (Fsp3) is 0.467. The van der Waals surface area contributed by atoms with Gasteiger partial charge in [0.1, 0.15) is 0 Å². The Kier molecular flexibility index (Phi) is 5.73. The number of carbonyl (C=O) groups is 2. The highest BCUT2D eigenvalue weighted by molar-refractivity contribution is 6.35. The van der Waals surface area contributed by atoms with Gasteiger partial charge in [-0.15, -0.1) is 0 Å². The average Bonchev–Trinajstić information content (AvgIpc) is 2.92. The molecule has 1 heterocycles. The Bertz CT molecular complexity index is 684. The number of benzene rings is 1. The van der Waals surface area contributed by atoms with Gasteiger partial charge in [0.05, 0.1) is 17.9 Å². The van der Waals surface area contributed by atoms with Crippen molar-refractivity contribution in [3.05, 3.63) is 33.8 Å². The van der Waals surface area contributed by atoms with E-state index in [2.05, 4.69) is 5.32 Å². The van der Waals surface area contributed by atoms with Crippen molar-refractivity contribution in [3.8, 4) is 0 Å². The third kappa shape index (κ3) is 4.49. The van der Waals surface area contributed by atoms with Crippen LogP contribution in [0.2, 0.25) is 10.0 Å². The molecule has 1 fully saturated rings. The predicted molar refractivity (Wildman–Crippen MR) is 85.7 cm³/mol. The van der Waals surface area contributed by atoms with Crippen molar-refractivity contribution in [2.24, 2.45) is 11.8 Å². The Morgan fingerprint density at radius 3 is 2.44 bits per heavy atom. The summed E-state index contributed by atoms with van der Waals surface area (Å²) in [7, 11) is 0. The highest BCUT2D eigenvalue weighted by atomic mass is 35.5. The quantitative estimate of drug-likeness (QED) is 0.809. The number of likely N-dealkylation sites (tertiary alicyclic amines) is 1. The average molecular weight is 399 g/mol. The lowest BCUT2D eigenvalue weighted by Gasteiger charge is -2.22. The second-order valence-corrected chi connectivity index (χ2v) is 6.68. The standard InChI is InChI=1S/C15H15Cl2F3N2O3/c1-7(9-3-2-8(16)4-12(9)17)21-14(25)22-5-10(13(23)24)11(6-22)15(18,19)20/h2-4,7,10-11H,5-6H2,1H3,(H,21,25)(H,23,24)/t7-,10+,11+/m0/s1. The fourth-order valence-electron chi connectivity index (χ4n) is 2.76. The number of hydrogen-bond acceptors (Lipinski definition) is 2. The maximum Gasteiger partial charge on any atom is 0.394 e. The molecule has 0 unspecified atom stereocenters. The third-order valence-electron chi connectivity index (χ3n) is 4.11. The molecule has 5 nitrogen and oxygen atoms in total. The molecule has 10 heteroatoms. The molecule has 2 N–H and O–H groups in total. The Hall–Kier alpha value is -1.67. The second-order valence-electron chi connectivity index (χ2n) is 5.83. The normalized spacial score (nSPS) is 21.9. The summed E-state index contributed by atoms with van der Waals surface area (Å²) in [6.45, 7) is 0.402. The molecule has 138 valence electrons. The molecule has 0 spiro atoms. The van der Waals surface area contributed by atoms with E-state index in [1.807, 2.05) is 0 Å². The van der Waals surface area contributed by atoms with Gasteiger partial charge >= 0.3 is 18.2 Å². The highest BCUT2D eigenvalue weighted by Crippen LogP contribution is 2.38. The zero-order chi connectivity index (χ0) is 18.9. The van der Waals surface area contributed by atoms with Crippen LogP contribution in [0.3, 0.4) is 0 Å². The van der Waals surface area contributed by atoms with Crippen LogP contribution in [-0.2, 0) is 4.79 Å². The number of hydrogen-bond donors (Lipinski definition) is 2. The summed E-state index contributed by atoms with van der Waals surface area (Å²) in [5.41, 5.74) is 0.542. The number of rotatable bonds is 3. The van der Waals surface area contributed by atoms with Gasteiger partial charge in [-0.2, -0.15) is 13.2 Å². The molecule has 3 atom stereocenters. The number of amides is 2. The number of carboxylic acid groups (broad SMARTS) is 1. The molecule has 2 amide bonds. The van der Waals surface area contributed by atoms with Gasteiger partial charge < -0.3 is 15.3 Å². The molecule has 0 aliphatic carbocycles. The topological polar surface area (TPSA) is 69.6 Å². The molecule has 0 aromatic heterocycles. The Balaban J connectivity index is 2.09. The van der Waals surface area contributed by atoms with Gasteiger partial charge in [0.15, 0.2) is 0 Å². The Labute approximate surface area is 151 Å². The number of nitrogens with zero attached hydrogens (tertiary/aromatic N) is 1. The number of alkyl halides is 3. The molecule has 0 radical (unpaired) electrons. The number of urea groups is 1. The van der Waals surface area contributed by atoms with Gasteiger partial charge in [0, 0.05) is 23.1 Å². The largest absolute Gasteiger partial charge is 0.481 e. The van der Waals surface area contributed by atoms with Gasteiger partial charge in [-0.05, 0) is 24.6 Å². The molecule has 1 aliphatic rings. The minimum Gasteiger partial charge on any atom is -0.481 e. The van der Waals surface area contributed by atoms with Gasteiger partial charge in [-0.1, -0.05) is 29.3 Å². The first-order valence-electron chi connectivity index (χ1n) is 7.30. The molecule has 1 saturated heterocycles. The van der Waals surface area contributed by atoms with Crippen LogP contribution in [0.4, 0.5) is 18.0 Å². The molecule has 0 bridgehead atoms. The van der Waals surface area contributed by atoms with Crippen molar-refractivity contribution in [3.63, 3.8) is 0 Å². The SMILES string of the molecule is C[C@H](NC(=O)N1C[C@@H](C(F)(F)F)[C@H](C(=O)O)C1)c1ccc(Cl)cc1Cl. The van der Waals surface area contributed by atoms with E-state index in [4.69, 9.17) is 28.3 Å². The molecular weight excluding hydrogens is 384 g/mol. The van der Waals surface area contributed by atoms with E-state index in [0.29, 0.717) is 15.6 Å². The van der Waals surface area contributed by atoms with Crippen molar-refractivity contribution in [1.29, 1.82) is 0 Å². The summed E-state index contributed by atoms with van der Waals surface area (Å²) in [6.07, 6.45) is -4.69. The van der Waals surface area contributed by atoms with Crippen LogP contribution < -0.4 is 5.32 Å². The smallest absolute Gasteiger partial charge is 0.394 e. The summed E-state index contributed by atoms with van der Waals surface area (Å²) in [6, 6.07) is 3.28. The number of aliphatic carboxylic acids is 1. The summed E-state index contributed by atoms with van der Waals surface area (Å²) in [5, 5.41) is 12.2. The molecule has 1 aromatic carbocycles. The molecule has 0 saturated carbocycles. The van der Waals surface area contributed by atoms with Crippen LogP contribution in [0.15, 0.2) is 18.2 Å². The fourth-order valence-corrected chi connectivity index (χ4v) is 3.33. The van der Waals surface area contributed by atoms with Crippen molar-refractivity contribution < 1.29 is 27.9 Å². The highest BCUT2D eigenvalue weighted by Gasteiger charge is 2.53. The summed E-state index contributed by atoms with van der Waals surface area (Å²) < 4.78 is 38.9. The second kappa shape index (κ2) is 7.29. The number of nitrogens with one attached hydrogen (secondary N) is 1. The zero-order valence-electron chi connectivity index (χ0n) is 13.0. The van der Waals surface area contributed by atoms with Crippen molar-refractivity contribution in [1.82, 2.24) is 10.2 Å². The van der Waals surface area contributed by atoms with Crippen LogP contribution >= 0.6 is 23.2 Å². The summed E-state index contributed by atoms with van der Waals surface area (Å²) in [5.74, 6) is -5.35. The minimum absolute atomic E-state index is 0.304. The van der Waals surface area contributed by atoms with E-state index >= 15 is 0 Å². The summed E-state index contributed by atoms with van der Waals surface area (Å²) in [4.78, 5) is 24.2. The van der Waals surface area contributed by atoms with Crippen molar-refractivity contribution in [2.75, 3.05) is 13.1 Å². The van der Waals surface area contributed by atoms with Gasteiger partial charge in [0.25, 0.3) is 0 Å². The van der Waals surface area contributed by atoms with E-state index in [1.165, 1.54) is 6.07 Å². The Morgan fingerprint density at radius 1 is 1.32 bits per heavy atom. The minimum atomic E-state index is -4.69. The first-order valence-corrected chi connectivity index (χ1v) is 8.06. The summed E-state index contributed by atoms with van der Waals surface area (Å²) >= 11 is 11.8. The number of halogens is 5. The van der Waals surface area contributed by atoms with Crippen LogP contribution in [0.25, 0.3) is 0 Å². The van der Waals surface area contributed by atoms with E-state index in [0.717, 1.165) is 4.90 Å². The number of carboxylic acids is 1. The van der Waals surface area contributed by atoms with Crippen molar-refractivity contribution >= 4 is 35.2 Å². The van der Waals surface area contributed by atoms with E-state index in [-0.39, 0.29) is 0 Å². The predicted octanol–water partition coefficient (Wildman–Crippen LogP) is 3.96. The van der Waals surface area contributed by atoms with E-state index in [1.54, 1.807) is 19.1 Å². The molecule has 1 aliphatic heterocycles. The van der Waals surface area contributed by atoms with E-state index in [9.17, 15) is 22.8 Å². The molecule has 2 rings (SSSR count). The van der Waals surface area contributed by atoms with Crippen LogP contribution in [0, 0.1) is 11.8 Å². The van der Waals surface area contributed by atoms with Crippen LogP contribution in [0.5, 0.6) is 0 Å². The number of carbonyl (C=O) groups excluding carboxylic acids is 1. The van der Waals surface area contributed by atoms with Gasteiger partial charge in [-0.25, -0.2) is 4.79 Å². The van der Waals surface area contributed by atoms with Crippen LogP contribution in [-0.4, -0.2) is 41.3 Å². The lowest BCUT2D eigenvalue weighted by atomic mass is 9.96. The maximum atomic E-state index is 13.0.